The lowest BCUT2D eigenvalue weighted by atomic mass is 10.1. The minimum absolute atomic E-state index is 0.732. The summed E-state index contributed by atoms with van der Waals surface area (Å²) in [5.41, 5.74) is 4.54. The Kier molecular flexibility index (Phi) is 4.41. The number of hydrogen-bond acceptors (Lipinski definition) is 5. The molecule has 0 atom stereocenters. The largest absolute Gasteiger partial charge is 0.378 e. The molecule has 5 nitrogen and oxygen atoms in total. The molecule has 5 rings (SSSR count). The molecule has 0 aliphatic heterocycles. The van der Waals surface area contributed by atoms with Gasteiger partial charge in [-0.15, -0.1) is 5.10 Å². The Morgan fingerprint density at radius 3 is 2.55 bits per heavy atom. The van der Waals surface area contributed by atoms with E-state index in [1.165, 1.54) is 22.0 Å². The van der Waals surface area contributed by atoms with Crippen LogP contribution in [-0.2, 0) is 6.54 Å². The average Bonchev–Trinajstić information content (AvgIpc) is 3.32. The number of nitrogens with one attached hydrogen (secondary N) is 1. The van der Waals surface area contributed by atoms with Crippen molar-refractivity contribution in [3.63, 3.8) is 0 Å². The number of benzene rings is 3. The number of imidazole rings is 1. The van der Waals surface area contributed by atoms with Crippen LogP contribution in [0.3, 0.4) is 0 Å². The number of rotatable bonds is 5. The van der Waals surface area contributed by atoms with Gasteiger partial charge >= 0.3 is 0 Å². The zero-order valence-corrected chi connectivity index (χ0v) is 17.1. The van der Waals surface area contributed by atoms with Gasteiger partial charge in [-0.2, -0.15) is 0 Å². The van der Waals surface area contributed by atoms with Crippen LogP contribution >= 0.6 is 11.3 Å². The summed E-state index contributed by atoms with van der Waals surface area (Å²) in [6, 6.07) is 23.4. The predicted molar refractivity (Wildman–Crippen MR) is 122 cm³/mol. The number of fused-ring (bicyclic) bond motifs is 2. The maximum atomic E-state index is 4.74. The van der Waals surface area contributed by atoms with Gasteiger partial charge in [0.15, 0.2) is 0 Å². The van der Waals surface area contributed by atoms with Crippen molar-refractivity contribution < 1.29 is 0 Å². The smallest absolute Gasteiger partial charge is 0.214 e. The van der Waals surface area contributed by atoms with Crippen molar-refractivity contribution >= 4 is 37.9 Å². The fourth-order valence-electron chi connectivity index (χ4n) is 3.40. The number of anilines is 2. The Morgan fingerprint density at radius 2 is 1.76 bits per heavy atom. The molecular weight excluding hydrogens is 378 g/mol. The molecule has 29 heavy (non-hydrogen) atoms. The third-order valence-electron chi connectivity index (χ3n) is 5.03. The highest BCUT2D eigenvalue weighted by atomic mass is 32.1. The van der Waals surface area contributed by atoms with E-state index >= 15 is 0 Å². The molecule has 0 spiro atoms. The van der Waals surface area contributed by atoms with E-state index in [4.69, 9.17) is 5.10 Å². The second-order valence-corrected chi connectivity index (χ2v) is 8.18. The van der Waals surface area contributed by atoms with Gasteiger partial charge in [0.2, 0.25) is 10.1 Å². The SMILES string of the molecule is CN(C)c1ccc(CNc2nn3c(-c4ccc5ccccc5c4)cnc3s2)cc1. The Balaban J connectivity index is 1.39. The molecule has 0 saturated heterocycles. The summed E-state index contributed by atoms with van der Waals surface area (Å²) < 4.78 is 1.92. The summed E-state index contributed by atoms with van der Waals surface area (Å²) in [6.45, 7) is 0.732. The normalized spacial score (nSPS) is 11.2. The van der Waals surface area contributed by atoms with Gasteiger partial charge in [-0.05, 0) is 34.5 Å². The Hall–Kier alpha value is -3.38. The van der Waals surface area contributed by atoms with Crippen molar-refractivity contribution in [1.29, 1.82) is 0 Å². The molecule has 2 heterocycles. The van der Waals surface area contributed by atoms with Crippen molar-refractivity contribution in [1.82, 2.24) is 14.6 Å². The zero-order valence-electron chi connectivity index (χ0n) is 16.3. The monoisotopic (exact) mass is 399 g/mol. The minimum Gasteiger partial charge on any atom is -0.378 e. The second-order valence-electron chi connectivity index (χ2n) is 7.22. The highest BCUT2D eigenvalue weighted by Gasteiger charge is 2.12. The molecule has 0 saturated carbocycles. The van der Waals surface area contributed by atoms with Gasteiger partial charge in [0.1, 0.15) is 0 Å². The van der Waals surface area contributed by atoms with E-state index in [1.807, 2.05) is 24.8 Å². The van der Waals surface area contributed by atoms with Crippen LogP contribution in [0.15, 0.2) is 72.9 Å². The lowest BCUT2D eigenvalue weighted by Gasteiger charge is -2.12. The van der Waals surface area contributed by atoms with Gasteiger partial charge < -0.3 is 10.2 Å². The molecule has 0 unspecified atom stereocenters. The number of nitrogens with zero attached hydrogens (tertiary/aromatic N) is 4. The van der Waals surface area contributed by atoms with E-state index in [0.29, 0.717) is 0 Å². The van der Waals surface area contributed by atoms with Gasteiger partial charge in [-0.25, -0.2) is 9.50 Å². The summed E-state index contributed by atoms with van der Waals surface area (Å²) in [6.07, 6.45) is 1.90. The Labute approximate surface area is 173 Å². The maximum Gasteiger partial charge on any atom is 0.214 e. The van der Waals surface area contributed by atoms with Crippen molar-refractivity contribution in [3.05, 3.63) is 78.5 Å². The standard InChI is InChI=1S/C23H21N5S/c1-27(2)20-11-7-16(8-12-20)14-24-22-26-28-21(15-25-23(28)29-22)19-10-9-17-5-3-4-6-18(17)13-19/h3-13,15H,14H2,1-2H3,(H,24,26). The van der Waals surface area contributed by atoms with E-state index in [1.54, 1.807) is 11.3 Å². The minimum atomic E-state index is 0.732. The van der Waals surface area contributed by atoms with E-state index in [-0.39, 0.29) is 0 Å². The zero-order chi connectivity index (χ0) is 19.8. The molecule has 0 bridgehead atoms. The molecule has 0 aliphatic carbocycles. The lowest BCUT2D eigenvalue weighted by molar-refractivity contribution is 0.968. The molecule has 5 aromatic rings. The third-order valence-corrected chi connectivity index (χ3v) is 5.91. The maximum absolute atomic E-state index is 4.74. The molecular formula is C23H21N5S. The molecule has 2 aromatic heterocycles. The summed E-state index contributed by atoms with van der Waals surface area (Å²) in [7, 11) is 4.09. The first-order valence-electron chi connectivity index (χ1n) is 9.51. The molecule has 6 heteroatoms. The molecule has 1 N–H and O–H groups in total. The second kappa shape index (κ2) is 7.22. The van der Waals surface area contributed by atoms with Gasteiger partial charge in [-0.1, -0.05) is 59.9 Å². The highest BCUT2D eigenvalue weighted by Crippen LogP contribution is 2.28. The van der Waals surface area contributed by atoms with Crippen LogP contribution in [0.5, 0.6) is 0 Å². The molecule has 144 valence electrons. The molecule has 3 aromatic carbocycles. The fourth-order valence-corrected chi connectivity index (χ4v) is 4.17. The van der Waals surface area contributed by atoms with Gasteiger partial charge in [-0.3, -0.25) is 0 Å². The van der Waals surface area contributed by atoms with Crippen LogP contribution < -0.4 is 10.2 Å². The molecule has 0 aliphatic rings. The first-order chi connectivity index (χ1) is 14.2. The summed E-state index contributed by atoms with van der Waals surface area (Å²) in [5, 5.41) is 11.5. The first kappa shape index (κ1) is 17.7. The summed E-state index contributed by atoms with van der Waals surface area (Å²) in [5.74, 6) is 0. The molecule has 0 amide bonds. The van der Waals surface area contributed by atoms with E-state index in [0.717, 1.165) is 27.9 Å². The Bertz CT molecular complexity index is 1280. The molecule has 0 radical (unpaired) electrons. The fraction of sp³-hybridized carbons (Fsp3) is 0.130. The van der Waals surface area contributed by atoms with Gasteiger partial charge in [0.05, 0.1) is 11.9 Å². The van der Waals surface area contributed by atoms with Crippen LogP contribution in [0.1, 0.15) is 5.56 Å². The van der Waals surface area contributed by atoms with E-state index < -0.39 is 0 Å². The van der Waals surface area contributed by atoms with Gasteiger partial charge in [0.25, 0.3) is 0 Å². The summed E-state index contributed by atoms with van der Waals surface area (Å²) in [4.78, 5) is 7.54. The van der Waals surface area contributed by atoms with Gasteiger partial charge in [0, 0.05) is 31.9 Å². The van der Waals surface area contributed by atoms with E-state index in [2.05, 4.69) is 81.9 Å². The Morgan fingerprint density at radius 1 is 0.966 bits per heavy atom. The number of aromatic nitrogens is 3. The quantitative estimate of drug-likeness (QED) is 0.436. The number of hydrogen-bond donors (Lipinski definition) is 1. The van der Waals surface area contributed by atoms with Crippen LogP contribution in [-0.4, -0.2) is 28.7 Å². The van der Waals surface area contributed by atoms with Crippen molar-refractivity contribution in [3.8, 4) is 11.3 Å². The third kappa shape index (κ3) is 3.43. The van der Waals surface area contributed by atoms with Crippen LogP contribution in [0, 0.1) is 0 Å². The topological polar surface area (TPSA) is 45.5 Å². The van der Waals surface area contributed by atoms with Crippen LogP contribution in [0.2, 0.25) is 0 Å². The first-order valence-corrected chi connectivity index (χ1v) is 10.3. The lowest BCUT2D eigenvalue weighted by Crippen LogP contribution is -2.08. The highest BCUT2D eigenvalue weighted by molar-refractivity contribution is 7.20. The average molecular weight is 400 g/mol. The van der Waals surface area contributed by atoms with Crippen molar-refractivity contribution in [2.75, 3.05) is 24.3 Å². The molecule has 0 fully saturated rings. The van der Waals surface area contributed by atoms with E-state index in [9.17, 15) is 0 Å². The summed E-state index contributed by atoms with van der Waals surface area (Å²) >= 11 is 1.57. The van der Waals surface area contributed by atoms with Crippen molar-refractivity contribution in [2.24, 2.45) is 0 Å². The van der Waals surface area contributed by atoms with Crippen LogP contribution in [0.25, 0.3) is 27.0 Å². The predicted octanol–water partition coefficient (Wildman–Crippen LogP) is 5.29. The van der Waals surface area contributed by atoms with Crippen molar-refractivity contribution in [2.45, 2.75) is 6.54 Å². The van der Waals surface area contributed by atoms with Crippen LogP contribution in [0.4, 0.5) is 10.8 Å².